The van der Waals surface area contributed by atoms with E-state index in [9.17, 15) is 19.0 Å². The van der Waals surface area contributed by atoms with E-state index in [0.717, 1.165) is 38.5 Å². The van der Waals surface area contributed by atoms with E-state index in [1.807, 2.05) is 21.1 Å². The van der Waals surface area contributed by atoms with Crippen LogP contribution in [0.4, 0.5) is 0 Å². The van der Waals surface area contributed by atoms with Gasteiger partial charge in [0.15, 0.2) is 6.10 Å². The third-order valence-electron chi connectivity index (χ3n) is 11.1. The van der Waals surface area contributed by atoms with Crippen LogP contribution in [0.3, 0.4) is 0 Å². The number of carbonyl (C=O) groups is 2. The van der Waals surface area contributed by atoms with Crippen LogP contribution in [0.25, 0.3) is 0 Å². The predicted molar refractivity (Wildman–Crippen MR) is 243 cm³/mol. The lowest BCUT2D eigenvalue weighted by Crippen LogP contribution is -2.37. The highest BCUT2D eigenvalue weighted by atomic mass is 31.2. The number of hydrogen-bond acceptors (Lipinski definition) is 7. The minimum Gasteiger partial charge on any atom is -0.462 e. The van der Waals surface area contributed by atoms with Crippen molar-refractivity contribution in [2.75, 3.05) is 47.5 Å². The zero-order valence-corrected chi connectivity index (χ0v) is 40.0. The molecule has 0 rings (SSSR count). The molecule has 9 nitrogen and oxygen atoms in total. The Kier molecular flexibility index (Phi) is 40.7. The zero-order valence-electron chi connectivity index (χ0n) is 39.1. The molecule has 0 aliphatic carbocycles. The van der Waals surface area contributed by atoms with Gasteiger partial charge in [-0.15, -0.1) is 0 Å². The Hall–Kier alpha value is -0.990. The Balaban J connectivity index is 4.23. The molecule has 0 aromatic rings. The van der Waals surface area contributed by atoms with Gasteiger partial charge >= 0.3 is 19.8 Å². The number of likely N-dealkylation sites (N-methyl/N-ethyl adjacent to an activating group) is 1. The molecule has 346 valence electrons. The summed E-state index contributed by atoms with van der Waals surface area (Å²) in [6, 6.07) is 0. The first-order valence-electron chi connectivity index (χ1n) is 24.8. The average molecular weight is 847 g/mol. The summed E-state index contributed by atoms with van der Waals surface area (Å²) in [6.07, 6.45) is 42.9. The second kappa shape index (κ2) is 41.4. The summed E-state index contributed by atoms with van der Waals surface area (Å²) in [5.41, 5.74) is 0. The Bertz CT molecular complexity index is 958. The smallest absolute Gasteiger partial charge is 0.462 e. The van der Waals surface area contributed by atoms with Gasteiger partial charge in [-0.3, -0.25) is 18.6 Å². The predicted octanol–water partition coefficient (Wildman–Crippen LogP) is 14.4. The summed E-state index contributed by atoms with van der Waals surface area (Å²) >= 11 is 0. The fraction of sp³-hybridized carbons (Fsp3) is 0.958. The van der Waals surface area contributed by atoms with Crippen LogP contribution in [0.5, 0.6) is 0 Å². The summed E-state index contributed by atoms with van der Waals surface area (Å²) in [5.74, 6) is -0.779. The summed E-state index contributed by atoms with van der Waals surface area (Å²) in [4.78, 5) is 35.5. The van der Waals surface area contributed by atoms with Gasteiger partial charge < -0.3 is 18.9 Å². The summed E-state index contributed by atoms with van der Waals surface area (Å²) in [5, 5.41) is 0. The fourth-order valence-corrected chi connectivity index (χ4v) is 7.99. The second-order valence-corrected chi connectivity index (χ2v) is 19.7. The van der Waals surface area contributed by atoms with Crippen LogP contribution in [-0.2, 0) is 32.7 Å². The van der Waals surface area contributed by atoms with Crippen molar-refractivity contribution in [2.45, 2.75) is 251 Å². The first-order valence-corrected chi connectivity index (χ1v) is 26.3. The van der Waals surface area contributed by atoms with E-state index in [-0.39, 0.29) is 25.6 Å². The number of carbonyl (C=O) groups excluding carboxylic acids is 2. The number of hydrogen-bond donors (Lipinski definition) is 1. The van der Waals surface area contributed by atoms with Crippen molar-refractivity contribution in [1.82, 2.24) is 0 Å². The number of ether oxygens (including phenoxy) is 2. The first-order chi connectivity index (χ1) is 28.0. The molecule has 0 heterocycles. The Morgan fingerprint density at radius 1 is 0.466 bits per heavy atom. The van der Waals surface area contributed by atoms with Gasteiger partial charge in [0.1, 0.15) is 19.8 Å². The maximum absolute atomic E-state index is 12.7. The topological polar surface area (TPSA) is 108 Å². The van der Waals surface area contributed by atoms with E-state index >= 15 is 0 Å². The van der Waals surface area contributed by atoms with Crippen molar-refractivity contribution in [1.29, 1.82) is 0 Å². The number of phosphoric acid groups is 1. The van der Waals surface area contributed by atoms with Gasteiger partial charge in [-0.2, -0.15) is 0 Å². The highest BCUT2D eigenvalue weighted by Gasteiger charge is 2.27. The monoisotopic (exact) mass is 847 g/mol. The number of rotatable bonds is 46. The largest absolute Gasteiger partial charge is 0.472 e. The molecule has 0 aliphatic rings. The van der Waals surface area contributed by atoms with Gasteiger partial charge in [0.05, 0.1) is 27.7 Å². The Morgan fingerprint density at radius 2 is 0.776 bits per heavy atom. The van der Waals surface area contributed by atoms with Gasteiger partial charge in [0.25, 0.3) is 0 Å². The molecule has 0 aliphatic heterocycles. The summed E-state index contributed by atoms with van der Waals surface area (Å²) in [7, 11) is 1.50. The lowest BCUT2D eigenvalue weighted by Gasteiger charge is -2.24. The van der Waals surface area contributed by atoms with Crippen LogP contribution < -0.4 is 0 Å². The molecule has 0 radical (unpaired) electrons. The fourth-order valence-electron chi connectivity index (χ4n) is 7.25. The van der Waals surface area contributed by atoms with E-state index in [1.165, 1.54) is 180 Å². The van der Waals surface area contributed by atoms with Gasteiger partial charge in [0.2, 0.25) is 0 Å². The molecule has 58 heavy (non-hydrogen) atoms. The molecule has 0 bridgehead atoms. The number of phosphoric ester groups is 1. The van der Waals surface area contributed by atoms with E-state index in [0.29, 0.717) is 17.4 Å². The average Bonchev–Trinajstić information content (AvgIpc) is 3.17. The van der Waals surface area contributed by atoms with Crippen molar-refractivity contribution < 1.29 is 42.1 Å². The lowest BCUT2D eigenvalue weighted by molar-refractivity contribution is -0.870. The van der Waals surface area contributed by atoms with Crippen LogP contribution in [0.2, 0.25) is 0 Å². The number of unbranched alkanes of at least 4 members (excludes halogenated alkanes) is 32. The maximum Gasteiger partial charge on any atom is 0.472 e. The number of esters is 2. The van der Waals surface area contributed by atoms with Crippen molar-refractivity contribution in [2.24, 2.45) is 0 Å². The molecule has 0 aromatic carbocycles. The minimum atomic E-state index is -4.37. The third-order valence-corrected chi connectivity index (χ3v) is 12.1. The quantitative estimate of drug-likeness (QED) is 0.0279. The standard InChI is InChI=1S/C48H96NO8P/c1-6-8-10-12-14-16-18-20-22-24-25-27-28-30-32-34-36-38-40-47(50)54-44-46(45-56-58(52,53)55-43-42-49(3,4)5)57-48(51)41-39-37-35-33-31-29-26-23-21-19-17-15-13-11-9-7-2/h46H,6-45H2,1-5H3/p+1. The third kappa shape index (κ3) is 44.6. The van der Waals surface area contributed by atoms with Gasteiger partial charge in [-0.1, -0.05) is 219 Å². The molecule has 0 spiro atoms. The van der Waals surface area contributed by atoms with Crippen molar-refractivity contribution in [3.05, 3.63) is 0 Å². The number of nitrogens with zero attached hydrogens (tertiary/aromatic N) is 1. The van der Waals surface area contributed by atoms with E-state index < -0.39 is 26.5 Å². The van der Waals surface area contributed by atoms with Crippen LogP contribution in [0.15, 0.2) is 0 Å². The minimum absolute atomic E-state index is 0.0371. The molecule has 2 atom stereocenters. The molecule has 1 N–H and O–H groups in total. The van der Waals surface area contributed by atoms with Crippen LogP contribution in [-0.4, -0.2) is 74.9 Å². The van der Waals surface area contributed by atoms with E-state index in [4.69, 9.17) is 18.5 Å². The first kappa shape index (κ1) is 57.0. The molecule has 10 heteroatoms. The molecule has 0 amide bonds. The molecule has 0 fully saturated rings. The highest BCUT2D eigenvalue weighted by Crippen LogP contribution is 2.43. The van der Waals surface area contributed by atoms with E-state index in [2.05, 4.69) is 13.8 Å². The molecular weight excluding hydrogens is 750 g/mol. The molecular formula is C48H97NO8P+. The molecule has 0 saturated heterocycles. The van der Waals surface area contributed by atoms with Gasteiger partial charge in [-0.25, -0.2) is 4.57 Å². The van der Waals surface area contributed by atoms with Crippen molar-refractivity contribution >= 4 is 19.8 Å². The van der Waals surface area contributed by atoms with Gasteiger partial charge in [-0.05, 0) is 12.8 Å². The second-order valence-electron chi connectivity index (χ2n) is 18.2. The summed E-state index contributed by atoms with van der Waals surface area (Å²) < 4.78 is 34.4. The number of quaternary nitrogens is 1. The van der Waals surface area contributed by atoms with Gasteiger partial charge in [0, 0.05) is 12.8 Å². The molecule has 2 unspecified atom stereocenters. The Labute approximate surface area is 359 Å². The maximum atomic E-state index is 12.7. The Morgan fingerprint density at radius 3 is 1.10 bits per heavy atom. The van der Waals surface area contributed by atoms with E-state index in [1.54, 1.807) is 0 Å². The van der Waals surface area contributed by atoms with Crippen molar-refractivity contribution in [3.8, 4) is 0 Å². The van der Waals surface area contributed by atoms with Crippen LogP contribution in [0, 0.1) is 0 Å². The normalized spacial score (nSPS) is 13.4. The summed E-state index contributed by atoms with van der Waals surface area (Å²) in [6.45, 7) is 4.48. The highest BCUT2D eigenvalue weighted by molar-refractivity contribution is 7.47. The SMILES string of the molecule is CCCCCCCCCCCCCCCCCCCCC(=O)OCC(COP(=O)(O)OCC[N+](C)(C)C)OC(=O)CCCCCCCCCCCCCCCCCC. The zero-order chi connectivity index (χ0) is 42.8. The van der Waals surface area contributed by atoms with Crippen molar-refractivity contribution in [3.63, 3.8) is 0 Å². The molecule has 0 aromatic heterocycles. The lowest BCUT2D eigenvalue weighted by atomic mass is 10.0. The van der Waals surface area contributed by atoms with Crippen LogP contribution in [0.1, 0.15) is 245 Å². The van der Waals surface area contributed by atoms with Crippen LogP contribution >= 0.6 is 7.82 Å². The molecule has 0 saturated carbocycles.